The third-order valence-corrected chi connectivity index (χ3v) is 3.91. The monoisotopic (exact) mass is 218 g/mol. The van der Waals surface area contributed by atoms with Gasteiger partial charge < -0.3 is 4.74 Å². The van der Waals surface area contributed by atoms with Crippen LogP contribution in [0.15, 0.2) is 29.6 Å². The lowest BCUT2D eigenvalue weighted by atomic mass is 10.2. The first kappa shape index (κ1) is 9.22. The Morgan fingerprint density at radius 3 is 2.87 bits per heavy atom. The van der Waals surface area contributed by atoms with Crippen molar-refractivity contribution in [3.8, 4) is 5.75 Å². The third-order valence-electron chi connectivity index (χ3n) is 3.03. The summed E-state index contributed by atoms with van der Waals surface area (Å²) in [4.78, 5) is 0. The normalized spacial score (nSPS) is 17.3. The van der Waals surface area contributed by atoms with Gasteiger partial charge in [-0.1, -0.05) is 0 Å². The summed E-state index contributed by atoms with van der Waals surface area (Å²) in [7, 11) is 0. The van der Waals surface area contributed by atoms with Crippen LogP contribution in [-0.4, -0.2) is 6.10 Å². The van der Waals surface area contributed by atoms with Gasteiger partial charge in [0.1, 0.15) is 5.75 Å². The Labute approximate surface area is 93.7 Å². The standard InChI is InChI=1S/C13H14OS/c1-2-4-11(3-1)14-12-6-5-10-7-8-15-13(10)9-12/h5-9,11H,1-4H2. The lowest BCUT2D eigenvalue weighted by Gasteiger charge is -2.12. The number of benzene rings is 1. The molecule has 15 heavy (non-hydrogen) atoms. The maximum atomic E-state index is 5.96. The predicted molar refractivity (Wildman–Crippen MR) is 64.7 cm³/mol. The quantitative estimate of drug-likeness (QED) is 0.733. The van der Waals surface area contributed by atoms with Gasteiger partial charge >= 0.3 is 0 Å². The second-order valence-electron chi connectivity index (χ2n) is 4.14. The van der Waals surface area contributed by atoms with Crippen LogP contribution in [-0.2, 0) is 0 Å². The van der Waals surface area contributed by atoms with Gasteiger partial charge in [-0.15, -0.1) is 11.3 Å². The molecule has 0 saturated heterocycles. The van der Waals surface area contributed by atoms with Crippen LogP contribution in [0.1, 0.15) is 25.7 Å². The van der Waals surface area contributed by atoms with Crippen LogP contribution in [0.4, 0.5) is 0 Å². The number of rotatable bonds is 2. The van der Waals surface area contributed by atoms with E-state index in [0.29, 0.717) is 6.10 Å². The first-order valence-electron chi connectivity index (χ1n) is 5.56. The van der Waals surface area contributed by atoms with Crippen molar-refractivity contribution >= 4 is 21.4 Å². The van der Waals surface area contributed by atoms with E-state index in [2.05, 4.69) is 29.6 Å². The summed E-state index contributed by atoms with van der Waals surface area (Å²) in [6.45, 7) is 0. The molecule has 0 unspecified atom stereocenters. The minimum atomic E-state index is 0.461. The van der Waals surface area contributed by atoms with E-state index >= 15 is 0 Å². The Balaban J connectivity index is 1.84. The molecule has 0 amide bonds. The Bertz CT molecular complexity index is 454. The minimum absolute atomic E-state index is 0.461. The second kappa shape index (κ2) is 3.86. The molecular formula is C13H14OS. The van der Waals surface area contributed by atoms with Crippen LogP contribution >= 0.6 is 11.3 Å². The van der Waals surface area contributed by atoms with Crippen molar-refractivity contribution < 1.29 is 4.74 Å². The van der Waals surface area contributed by atoms with Crippen molar-refractivity contribution in [3.63, 3.8) is 0 Å². The van der Waals surface area contributed by atoms with Crippen molar-refractivity contribution in [2.45, 2.75) is 31.8 Å². The predicted octanol–water partition coefficient (Wildman–Crippen LogP) is 4.22. The van der Waals surface area contributed by atoms with Gasteiger partial charge in [0, 0.05) is 4.70 Å². The van der Waals surface area contributed by atoms with E-state index in [9.17, 15) is 0 Å². The molecule has 3 rings (SSSR count). The van der Waals surface area contributed by atoms with Crippen molar-refractivity contribution in [2.75, 3.05) is 0 Å². The average molecular weight is 218 g/mol. The van der Waals surface area contributed by atoms with Crippen molar-refractivity contribution in [1.29, 1.82) is 0 Å². The maximum absolute atomic E-state index is 5.96. The Kier molecular flexibility index (Phi) is 2.37. The van der Waals surface area contributed by atoms with Crippen LogP contribution in [0.3, 0.4) is 0 Å². The maximum Gasteiger partial charge on any atom is 0.121 e. The lowest BCUT2D eigenvalue weighted by Crippen LogP contribution is -2.10. The smallest absolute Gasteiger partial charge is 0.121 e. The van der Waals surface area contributed by atoms with Crippen LogP contribution < -0.4 is 4.74 Å². The fraction of sp³-hybridized carbons (Fsp3) is 0.385. The highest BCUT2D eigenvalue weighted by Crippen LogP contribution is 2.28. The summed E-state index contributed by atoms with van der Waals surface area (Å²) in [5.74, 6) is 1.04. The molecule has 0 N–H and O–H groups in total. The minimum Gasteiger partial charge on any atom is -0.490 e. The zero-order valence-corrected chi connectivity index (χ0v) is 9.43. The zero-order chi connectivity index (χ0) is 10.1. The Hall–Kier alpha value is -1.02. The highest BCUT2D eigenvalue weighted by molar-refractivity contribution is 7.17. The molecule has 1 saturated carbocycles. The van der Waals surface area contributed by atoms with Gasteiger partial charge in [0.15, 0.2) is 0 Å². The van der Waals surface area contributed by atoms with E-state index in [1.165, 1.54) is 35.8 Å². The van der Waals surface area contributed by atoms with Crippen molar-refractivity contribution in [3.05, 3.63) is 29.6 Å². The molecule has 1 nitrogen and oxygen atoms in total. The topological polar surface area (TPSA) is 9.23 Å². The molecule has 1 aromatic carbocycles. The Morgan fingerprint density at radius 1 is 1.13 bits per heavy atom. The van der Waals surface area contributed by atoms with Crippen molar-refractivity contribution in [1.82, 2.24) is 0 Å². The lowest BCUT2D eigenvalue weighted by molar-refractivity contribution is 0.210. The molecule has 1 fully saturated rings. The van der Waals surface area contributed by atoms with E-state index in [1.54, 1.807) is 11.3 Å². The number of hydrogen-bond donors (Lipinski definition) is 0. The first-order chi connectivity index (χ1) is 7.42. The molecule has 1 heterocycles. The summed E-state index contributed by atoms with van der Waals surface area (Å²) >= 11 is 1.78. The number of ether oxygens (including phenoxy) is 1. The molecule has 0 aliphatic heterocycles. The highest BCUT2D eigenvalue weighted by atomic mass is 32.1. The van der Waals surface area contributed by atoms with Gasteiger partial charge in [0.05, 0.1) is 6.10 Å². The number of fused-ring (bicyclic) bond motifs is 1. The molecule has 2 heteroatoms. The average Bonchev–Trinajstić information content (AvgIpc) is 2.87. The highest BCUT2D eigenvalue weighted by Gasteiger charge is 2.16. The van der Waals surface area contributed by atoms with E-state index in [-0.39, 0.29) is 0 Å². The zero-order valence-electron chi connectivity index (χ0n) is 8.61. The van der Waals surface area contributed by atoms with E-state index < -0.39 is 0 Å². The molecule has 1 aromatic heterocycles. The SMILES string of the molecule is c1cc2ccc(OC3CCCC3)cc2s1. The van der Waals surface area contributed by atoms with Gasteiger partial charge in [-0.05, 0) is 60.7 Å². The fourth-order valence-corrected chi connectivity index (χ4v) is 3.02. The largest absolute Gasteiger partial charge is 0.490 e. The molecule has 2 aromatic rings. The van der Waals surface area contributed by atoms with Crippen LogP contribution in [0, 0.1) is 0 Å². The number of thiophene rings is 1. The molecule has 0 radical (unpaired) electrons. The van der Waals surface area contributed by atoms with E-state index in [4.69, 9.17) is 4.74 Å². The summed E-state index contributed by atoms with van der Waals surface area (Å²) < 4.78 is 7.28. The molecular weight excluding hydrogens is 204 g/mol. The van der Waals surface area contributed by atoms with Crippen LogP contribution in [0.25, 0.3) is 10.1 Å². The van der Waals surface area contributed by atoms with Gasteiger partial charge in [-0.3, -0.25) is 0 Å². The van der Waals surface area contributed by atoms with Crippen LogP contribution in [0.5, 0.6) is 5.75 Å². The first-order valence-corrected chi connectivity index (χ1v) is 6.44. The fourth-order valence-electron chi connectivity index (χ4n) is 2.21. The third kappa shape index (κ3) is 1.86. The van der Waals surface area contributed by atoms with E-state index in [0.717, 1.165) is 5.75 Å². The molecule has 1 aliphatic rings. The van der Waals surface area contributed by atoms with Gasteiger partial charge in [-0.25, -0.2) is 0 Å². The molecule has 0 atom stereocenters. The summed E-state index contributed by atoms with van der Waals surface area (Å²) in [6, 6.07) is 8.56. The molecule has 78 valence electrons. The molecule has 0 spiro atoms. The summed E-state index contributed by atoms with van der Waals surface area (Å²) in [5, 5.41) is 3.45. The number of hydrogen-bond acceptors (Lipinski definition) is 2. The van der Waals surface area contributed by atoms with Crippen molar-refractivity contribution in [2.24, 2.45) is 0 Å². The molecule has 0 bridgehead atoms. The second-order valence-corrected chi connectivity index (χ2v) is 5.09. The Morgan fingerprint density at radius 2 is 2.00 bits per heavy atom. The van der Waals surface area contributed by atoms with Gasteiger partial charge in [0.2, 0.25) is 0 Å². The summed E-state index contributed by atoms with van der Waals surface area (Å²) in [6.07, 6.45) is 5.56. The van der Waals surface area contributed by atoms with Gasteiger partial charge in [-0.2, -0.15) is 0 Å². The van der Waals surface area contributed by atoms with Crippen LogP contribution in [0.2, 0.25) is 0 Å². The van der Waals surface area contributed by atoms with E-state index in [1.807, 2.05) is 0 Å². The molecule has 1 aliphatic carbocycles. The van der Waals surface area contributed by atoms with Gasteiger partial charge in [0.25, 0.3) is 0 Å². The summed E-state index contributed by atoms with van der Waals surface area (Å²) in [5.41, 5.74) is 0.